The molecule has 14 heavy (non-hydrogen) atoms. The normalized spacial score (nSPS) is 11.2. The summed E-state index contributed by atoms with van der Waals surface area (Å²) in [5.74, 6) is -2.89. The van der Waals surface area contributed by atoms with Gasteiger partial charge in [0.05, 0.1) is 5.52 Å². The lowest BCUT2D eigenvalue weighted by Gasteiger charge is -2.01. The minimum Gasteiger partial charge on any atom is -0.345 e. The minimum absolute atomic E-state index is 0.0116. The lowest BCUT2D eigenvalue weighted by Crippen LogP contribution is -1.95. The zero-order valence-corrected chi connectivity index (χ0v) is 7.74. The summed E-state index contributed by atoms with van der Waals surface area (Å²) in [6, 6.07) is 1.99. The number of aryl methyl sites for hydroxylation is 2. The van der Waals surface area contributed by atoms with E-state index in [1.165, 1.54) is 10.6 Å². The molecule has 0 unspecified atom stereocenters. The first-order chi connectivity index (χ1) is 6.52. The molecule has 0 aliphatic carbocycles. The van der Waals surface area contributed by atoms with Gasteiger partial charge in [-0.1, -0.05) is 0 Å². The van der Waals surface area contributed by atoms with E-state index in [9.17, 15) is 13.2 Å². The van der Waals surface area contributed by atoms with Gasteiger partial charge < -0.3 is 4.57 Å². The lowest BCUT2D eigenvalue weighted by atomic mass is 10.2. The molecule has 0 radical (unpaired) electrons. The Morgan fingerprint density at radius 3 is 2.36 bits per heavy atom. The second kappa shape index (κ2) is 2.77. The van der Waals surface area contributed by atoms with Gasteiger partial charge in [0.2, 0.25) is 0 Å². The first kappa shape index (κ1) is 9.12. The van der Waals surface area contributed by atoms with Gasteiger partial charge in [-0.3, -0.25) is 0 Å². The summed E-state index contributed by atoms with van der Waals surface area (Å²) >= 11 is 0. The van der Waals surface area contributed by atoms with Crippen LogP contribution in [0, 0.1) is 24.4 Å². The van der Waals surface area contributed by atoms with Crippen LogP contribution in [0.25, 0.3) is 10.9 Å². The highest BCUT2D eigenvalue weighted by atomic mass is 19.2. The Labute approximate surface area is 78.8 Å². The monoisotopic (exact) mass is 199 g/mol. The topological polar surface area (TPSA) is 4.93 Å². The van der Waals surface area contributed by atoms with Gasteiger partial charge >= 0.3 is 0 Å². The highest BCUT2D eigenvalue weighted by Crippen LogP contribution is 2.25. The van der Waals surface area contributed by atoms with Crippen molar-refractivity contribution in [1.82, 2.24) is 4.57 Å². The minimum atomic E-state index is -1.15. The predicted octanol–water partition coefficient (Wildman–Crippen LogP) is 2.90. The maximum absolute atomic E-state index is 13.3. The molecule has 0 atom stereocenters. The van der Waals surface area contributed by atoms with E-state index in [0.717, 1.165) is 0 Å². The zero-order valence-electron chi connectivity index (χ0n) is 7.74. The molecule has 0 amide bonds. The molecule has 1 nitrogen and oxygen atoms in total. The molecule has 0 saturated heterocycles. The van der Waals surface area contributed by atoms with Crippen molar-refractivity contribution < 1.29 is 13.2 Å². The van der Waals surface area contributed by atoms with Gasteiger partial charge in [-0.2, -0.15) is 0 Å². The van der Waals surface area contributed by atoms with E-state index in [-0.39, 0.29) is 10.9 Å². The van der Waals surface area contributed by atoms with Gasteiger partial charge in [-0.25, -0.2) is 13.2 Å². The van der Waals surface area contributed by atoms with Crippen molar-refractivity contribution in [2.24, 2.45) is 7.05 Å². The smallest absolute Gasteiger partial charge is 0.168 e. The number of hydrogen-bond acceptors (Lipinski definition) is 0. The van der Waals surface area contributed by atoms with E-state index in [2.05, 4.69) is 0 Å². The number of fused-ring (bicyclic) bond motifs is 1. The van der Waals surface area contributed by atoms with Gasteiger partial charge in [0.15, 0.2) is 17.5 Å². The van der Waals surface area contributed by atoms with E-state index >= 15 is 0 Å². The molecule has 2 rings (SSSR count). The highest BCUT2D eigenvalue weighted by Gasteiger charge is 2.15. The van der Waals surface area contributed by atoms with Crippen LogP contribution in [0.1, 0.15) is 5.69 Å². The predicted molar refractivity (Wildman–Crippen MR) is 47.5 cm³/mol. The Kier molecular flexibility index (Phi) is 1.80. The van der Waals surface area contributed by atoms with E-state index in [1.54, 1.807) is 14.0 Å². The van der Waals surface area contributed by atoms with Crippen molar-refractivity contribution in [3.05, 3.63) is 35.3 Å². The number of benzene rings is 1. The maximum atomic E-state index is 13.3. The Balaban J connectivity index is 3.02. The number of nitrogens with zero attached hydrogens (tertiary/aromatic N) is 1. The second-order valence-corrected chi connectivity index (χ2v) is 3.26. The molecule has 0 aliphatic rings. The lowest BCUT2D eigenvalue weighted by molar-refractivity contribution is 0.505. The Morgan fingerprint density at radius 1 is 1.07 bits per heavy atom. The van der Waals surface area contributed by atoms with Crippen molar-refractivity contribution in [1.29, 1.82) is 0 Å². The molecule has 1 heterocycles. The number of halogens is 3. The van der Waals surface area contributed by atoms with Gasteiger partial charge in [0.25, 0.3) is 0 Å². The van der Waals surface area contributed by atoms with Crippen molar-refractivity contribution in [3.8, 4) is 0 Å². The molecular weight excluding hydrogens is 191 g/mol. The first-order valence-corrected chi connectivity index (χ1v) is 4.12. The molecule has 2 aromatic rings. The number of aromatic nitrogens is 1. The molecule has 0 spiro atoms. The van der Waals surface area contributed by atoms with E-state index in [4.69, 9.17) is 0 Å². The average Bonchev–Trinajstić information content (AvgIpc) is 2.40. The molecule has 0 N–H and O–H groups in total. The van der Waals surface area contributed by atoms with Crippen molar-refractivity contribution >= 4 is 10.9 Å². The van der Waals surface area contributed by atoms with Gasteiger partial charge in [-0.05, 0) is 13.0 Å². The van der Waals surface area contributed by atoms with Crippen molar-refractivity contribution in [2.45, 2.75) is 6.92 Å². The van der Waals surface area contributed by atoms with Crippen LogP contribution in [0.15, 0.2) is 12.1 Å². The van der Waals surface area contributed by atoms with E-state index in [1.807, 2.05) is 0 Å². The molecule has 4 heteroatoms. The van der Waals surface area contributed by atoms with Crippen LogP contribution in [-0.4, -0.2) is 4.57 Å². The molecule has 0 fully saturated rings. The summed E-state index contributed by atoms with van der Waals surface area (Å²) in [6.45, 7) is 1.71. The number of rotatable bonds is 0. The van der Waals surface area contributed by atoms with Crippen molar-refractivity contribution in [2.75, 3.05) is 0 Å². The van der Waals surface area contributed by atoms with E-state index in [0.29, 0.717) is 11.8 Å². The summed E-state index contributed by atoms with van der Waals surface area (Å²) < 4.78 is 40.8. The second-order valence-electron chi connectivity index (χ2n) is 3.26. The summed E-state index contributed by atoms with van der Waals surface area (Å²) in [5, 5.41) is -0.0116. The molecule has 0 saturated carbocycles. The van der Waals surface area contributed by atoms with Crippen LogP contribution in [0.5, 0.6) is 0 Å². The quantitative estimate of drug-likeness (QED) is 0.575. The third-order valence-electron chi connectivity index (χ3n) is 2.40. The first-order valence-electron chi connectivity index (χ1n) is 4.12. The molecular formula is C10H8F3N. The SMILES string of the molecule is Cc1cc2c(F)c(F)cc(F)c2n1C. The fraction of sp³-hybridized carbons (Fsp3) is 0.200. The van der Waals surface area contributed by atoms with Gasteiger partial charge in [0.1, 0.15) is 0 Å². The van der Waals surface area contributed by atoms with Crippen molar-refractivity contribution in [3.63, 3.8) is 0 Å². The molecule has 0 bridgehead atoms. The van der Waals surface area contributed by atoms with Crippen LogP contribution in [-0.2, 0) is 7.05 Å². The highest BCUT2D eigenvalue weighted by molar-refractivity contribution is 5.82. The standard InChI is InChI=1S/C10H8F3N/c1-5-3-6-9(13)7(11)4-8(12)10(6)14(5)2/h3-4H,1-2H3. The summed E-state index contributed by atoms with van der Waals surface area (Å²) in [6.07, 6.45) is 0. The summed E-state index contributed by atoms with van der Waals surface area (Å²) in [5.41, 5.74) is 0.782. The number of hydrogen-bond donors (Lipinski definition) is 0. The van der Waals surface area contributed by atoms with Crippen LogP contribution in [0.3, 0.4) is 0 Å². The van der Waals surface area contributed by atoms with Crippen LogP contribution in [0.4, 0.5) is 13.2 Å². The third-order valence-corrected chi connectivity index (χ3v) is 2.40. The Bertz CT molecular complexity index is 514. The van der Waals surface area contributed by atoms with Crippen LogP contribution in [0.2, 0.25) is 0 Å². The molecule has 1 aromatic heterocycles. The summed E-state index contributed by atoms with van der Waals surface area (Å²) in [7, 11) is 1.61. The Morgan fingerprint density at radius 2 is 1.71 bits per heavy atom. The third kappa shape index (κ3) is 1.03. The van der Waals surface area contributed by atoms with Crippen LogP contribution < -0.4 is 0 Å². The molecule has 0 aliphatic heterocycles. The Hall–Kier alpha value is -1.45. The average molecular weight is 199 g/mol. The largest absolute Gasteiger partial charge is 0.345 e. The zero-order chi connectivity index (χ0) is 10.5. The maximum Gasteiger partial charge on any atom is 0.168 e. The van der Waals surface area contributed by atoms with Gasteiger partial charge in [0, 0.05) is 24.2 Å². The molecule has 1 aromatic carbocycles. The molecule has 74 valence electrons. The fourth-order valence-electron chi connectivity index (χ4n) is 1.56. The van der Waals surface area contributed by atoms with Gasteiger partial charge in [-0.15, -0.1) is 0 Å². The fourth-order valence-corrected chi connectivity index (χ4v) is 1.56. The van der Waals surface area contributed by atoms with Crippen LogP contribution >= 0.6 is 0 Å². The van der Waals surface area contributed by atoms with E-state index < -0.39 is 17.5 Å². The summed E-state index contributed by atoms with van der Waals surface area (Å²) in [4.78, 5) is 0.